The fraction of sp³-hybridized carbons (Fsp3) is 0.167. The minimum absolute atomic E-state index is 0.294. The Morgan fingerprint density at radius 3 is 2.31 bits per heavy atom. The molecule has 3 N–H and O–H groups in total. The zero-order valence-corrected chi connectivity index (χ0v) is 21.5. The summed E-state index contributed by atoms with van der Waals surface area (Å²) < 4.78 is 16.1. The molecule has 0 heterocycles. The van der Waals surface area contributed by atoms with E-state index in [0.29, 0.717) is 35.9 Å². The number of anilines is 2. The number of nitrogens with zero attached hydrogens (tertiary/aromatic N) is 1. The second-order valence-corrected chi connectivity index (χ2v) is 8.64. The van der Waals surface area contributed by atoms with E-state index >= 15 is 0 Å². The van der Waals surface area contributed by atoms with E-state index < -0.39 is 12.1 Å². The number of methoxy groups -OCH3 is 1. The Balaban J connectivity index is 1.55. The Hall–Kier alpha value is -3.25. The van der Waals surface area contributed by atoms with Crippen molar-refractivity contribution in [1.29, 1.82) is 0 Å². The van der Waals surface area contributed by atoms with Gasteiger partial charge in [0.25, 0.3) is 0 Å². The number of hydroxylamine groups is 1. The summed E-state index contributed by atoms with van der Waals surface area (Å²) in [5.74, 6) is 0.384. The number of likely N-dealkylation sites (N-methyl/N-ethyl adjacent to an activating group) is 1. The zero-order valence-electron chi connectivity index (χ0n) is 19.1. The van der Waals surface area contributed by atoms with Crippen molar-refractivity contribution in [2.75, 3.05) is 24.5 Å². The molecule has 0 unspecified atom stereocenters. The number of nitrogens with one attached hydrogen (secondary N) is 3. The molecule has 1 atom stereocenters. The number of ether oxygens (including phenoxy) is 1. The van der Waals surface area contributed by atoms with Gasteiger partial charge in [0, 0.05) is 23.6 Å². The van der Waals surface area contributed by atoms with Crippen molar-refractivity contribution in [3.05, 3.63) is 88.9 Å². The average molecular weight is 561 g/mol. The highest BCUT2D eigenvalue weighted by atomic mass is 79.9. The molecule has 0 spiro atoms. The van der Waals surface area contributed by atoms with Crippen LogP contribution in [0, 0.1) is 0 Å². The maximum absolute atomic E-state index is 13.3. The van der Waals surface area contributed by atoms with Crippen LogP contribution < -0.4 is 25.9 Å². The second kappa shape index (κ2) is 13.6. The van der Waals surface area contributed by atoms with E-state index in [9.17, 15) is 9.59 Å². The Morgan fingerprint density at radius 1 is 0.971 bits per heavy atom. The highest BCUT2D eigenvalue weighted by molar-refractivity contribution is 9.10. The maximum atomic E-state index is 13.3. The van der Waals surface area contributed by atoms with Gasteiger partial charge in [0.05, 0.1) is 12.8 Å². The van der Waals surface area contributed by atoms with Gasteiger partial charge in [0.15, 0.2) is 0 Å². The molecule has 0 fully saturated rings. The van der Waals surface area contributed by atoms with Gasteiger partial charge in [-0.1, -0.05) is 46.3 Å². The van der Waals surface area contributed by atoms with Crippen molar-refractivity contribution < 1.29 is 22.9 Å². The lowest BCUT2D eigenvalue weighted by molar-refractivity contribution is -0.120. The fourth-order valence-corrected chi connectivity index (χ4v) is 3.60. The van der Waals surface area contributed by atoms with Crippen LogP contribution in [-0.4, -0.2) is 32.1 Å². The van der Waals surface area contributed by atoms with E-state index in [0.717, 1.165) is 10.0 Å². The predicted molar refractivity (Wildman–Crippen MR) is 140 cm³/mol. The smallest absolute Gasteiger partial charge is 0.340 e. The van der Waals surface area contributed by atoms with Crippen LogP contribution in [0.5, 0.6) is 5.75 Å². The zero-order chi connectivity index (χ0) is 25.0. The van der Waals surface area contributed by atoms with E-state index in [1.165, 1.54) is 4.90 Å². The lowest BCUT2D eigenvalue weighted by Gasteiger charge is -2.25. The number of benzene rings is 3. The summed E-state index contributed by atoms with van der Waals surface area (Å²) in [6, 6.07) is 22.2. The molecule has 3 aromatic carbocycles. The van der Waals surface area contributed by atoms with Crippen LogP contribution in [0.2, 0.25) is 0 Å². The Bertz CT molecular complexity index is 1090. The van der Waals surface area contributed by atoms with Crippen molar-refractivity contribution in [2.24, 2.45) is 0 Å². The quantitative estimate of drug-likeness (QED) is 0.175. The third kappa shape index (κ3) is 8.48. The van der Waals surface area contributed by atoms with Crippen LogP contribution in [0.25, 0.3) is 0 Å². The molecular formula is C24H25BrN4O5S. The van der Waals surface area contributed by atoms with E-state index in [-0.39, 0.29) is 5.91 Å². The van der Waals surface area contributed by atoms with Crippen LogP contribution in [0.1, 0.15) is 5.56 Å². The molecular weight excluding hydrogens is 536 g/mol. The Labute approximate surface area is 216 Å². The SMILES string of the molecule is COc1ccc(N(C)C(=O)[C@H](Cc2ccccc2)NC(=O)NOSONc2ccc(Br)cc2)cc1. The molecule has 0 aromatic heterocycles. The summed E-state index contributed by atoms with van der Waals surface area (Å²) in [5, 5.41) is 2.67. The standard InChI is InChI=1S/C24H25BrN4O5S/c1-29(20-12-14-21(32-2)15-13-20)23(30)22(16-17-6-4-3-5-7-17)26-24(31)28-34-35-33-27-19-10-8-18(25)9-11-19/h3-15,22,27H,16H2,1-2H3,(H2,26,28,31)/t22-/m0/s1. The topological polar surface area (TPSA) is 101 Å². The Morgan fingerprint density at radius 2 is 1.66 bits per heavy atom. The summed E-state index contributed by atoms with van der Waals surface area (Å²) in [6.45, 7) is 0. The van der Waals surface area contributed by atoms with Crippen LogP contribution in [0.3, 0.4) is 0 Å². The third-order valence-electron chi connectivity index (χ3n) is 4.88. The number of amides is 3. The number of carbonyl (C=O) groups is 2. The van der Waals surface area contributed by atoms with Gasteiger partial charge in [0.1, 0.15) is 11.8 Å². The molecule has 0 aliphatic heterocycles. The highest BCUT2D eigenvalue weighted by Crippen LogP contribution is 2.20. The number of urea groups is 1. The lowest BCUT2D eigenvalue weighted by Crippen LogP contribution is -2.51. The number of halogens is 1. The summed E-state index contributed by atoms with van der Waals surface area (Å²) in [5.41, 5.74) is 7.11. The van der Waals surface area contributed by atoms with Crippen LogP contribution in [0.15, 0.2) is 83.3 Å². The minimum Gasteiger partial charge on any atom is -0.497 e. The van der Waals surface area contributed by atoms with Crippen LogP contribution in [-0.2, 0) is 19.8 Å². The Kier molecular flexibility index (Phi) is 10.2. The van der Waals surface area contributed by atoms with E-state index in [4.69, 9.17) is 13.3 Å². The monoisotopic (exact) mass is 560 g/mol. The number of carbonyl (C=O) groups excluding carboxylic acids is 2. The molecule has 184 valence electrons. The van der Waals surface area contributed by atoms with Gasteiger partial charge in [-0.3, -0.25) is 10.3 Å². The van der Waals surface area contributed by atoms with Gasteiger partial charge in [-0.15, -0.1) is 0 Å². The normalized spacial score (nSPS) is 11.3. The number of hydrogen-bond donors (Lipinski definition) is 3. The van der Waals surface area contributed by atoms with E-state index in [2.05, 4.69) is 32.2 Å². The summed E-state index contributed by atoms with van der Waals surface area (Å²) in [7, 11) is 3.22. The van der Waals surface area contributed by atoms with Gasteiger partial charge in [-0.25, -0.2) is 10.3 Å². The molecule has 3 amide bonds. The predicted octanol–water partition coefficient (Wildman–Crippen LogP) is 4.87. The van der Waals surface area contributed by atoms with Gasteiger partial charge in [-0.05, 0) is 54.1 Å². The molecule has 0 bridgehead atoms. The third-order valence-corrected chi connectivity index (χ3v) is 5.71. The first kappa shape index (κ1) is 26.4. The van der Waals surface area contributed by atoms with Gasteiger partial charge in [-0.2, -0.15) is 8.57 Å². The molecule has 9 nitrogen and oxygen atoms in total. The molecule has 3 aromatic rings. The summed E-state index contributed by atoms with van der Waals surface area (Å²) in [6.07, 6.45) is 0.294. The van der Waals surface area contributed by atoms with Gasteiger partial charge < -0.3 is 15.0 Å². The number of rotatable bonds is 11. The summed E-state index contributed by atoms with van der Waals surface area (Å²) in [4.78, 5) is 27.2. The van der Waals surface area contributed by atoms with Crippen LogP contribution >= 0.6 is 28.3 Å². The molecule has 0 radical (unpaired) electrons. The fourth-order valence-electron chi connectivity index (χ4n) is 3.06. The van der Waals surface area contributed by atoms with Crippen molar-refractivity contribution in [1.82, 2.24) is 10.8 Å². The highest BCUT2D eigenvalue weighted by Gasteiger charge is 2.25. The first-order valence-electron chi connectivity index (χ1n) is 10.5. The van der Waals surface area contributed by atoms with Crippen molar-refractivity contribution in [3.8, 4) is 5.75 Å². The van der Waals surface area contributed by atoms with Crippen molar-refractivity contribution >= 4 is 51.6 Å². The largest absolute Gasteiger partial charge is 0.497 e. The molecule has 0 saturated carbocycles. The van der Waals surface area contributed by atoms with E-state index in [1.54, 1.807) is 50.6 Å². The first-order chi connectivity index (χ1) is 17.0. The molecule has 35 heavy (non-hydrogen) atoms. The molecule has 3 rings (SSSR count). The molecule has 0 saturated heterocycles. The molecule has 0 aliphatic rings. The van der Waals surface area contributed by atoms with Crippen molar-refractivity contribution in [3.63, 3.8) is 0 Å². The first-order valence-corrected chi connectivity index (χ1v) is 11.9. The lowest BCUT2D eigenvalue weighted by atomic mass is 10.0. The van der Waals surface area contributed by atoms with Crippen LogP contribution in [0.4, 0.5) is 16.2 Å². The van der Waals surface area contributed by atoms with Gasteiger partial charge >= 0.3 is 6.03 Å². The maximum Gasteiger partial charge on any atom is 0.340 e. The van der Waals surface area contributed by atoms with Gasteiger partial charge in [0.2, 0.25) is 18.2 Å². The number of hydrogen-bond acceptors (Lipinski definition) is 7. The summed E-state index contributed by atoms with van der Waals surface area (Å²) >= 11 is 3.87. The molecule has 0 aliphatic carbocycles. The van der Waals surface area contributed by atoms with Crippen molar-refractivity contribution in [2.45, 2.75) is 12.5 Å². The average Bonchev–Trinajstić information content (AvgIpc) is 2.89. The second-order valence-electron chi connectivity index (χ2n) is 7.26. The van der Waals surface area contributed by atoms with E-state index in [1.807, 2.05) is 42.5 Å². The minimum atomic E-state index is -0.847. The molecule has 11 heteroatoms.